The van der Waals surface area contributed by atoms with E-state index < -0.39 is 0 Å². The highest BCUT2D eigenvalue weighted by Gasteiger charge is 2.21. The van der Waals surface area contributed by atoms with E-state index in [4.69, 9.17) is 23.2 Å². The van der Waals surface area contributed by atoms with Gasteiger partial charge in [-0.2, -0.15) is 4.98 Å². The van der Waals surface area contributed by atoms with E-state index in [2.05, 4.69) is 32.2 Å². The second-order valence-electron chi connectivity index (χ2n) is 6.87. The van der Waals surface area contributed by atoms with Crippen LogP contribution < -0.4 is 5.32 Å². The number of benzene rings is 1. The number of hydrogen-bond donors (Lipinski definition) is 2. The second-order valence-corrected chi connectivity index (χ2v) is 8.67. The van der Waals surface area contributed by atoms with E-state index in [0.29, 0.717) is 33.3 Å². The van der Waals surface area contributed by atoms with Crippen LogP contribution in [0.4, 0.5) is 5.13 Å². The van der Waals surface area contributed by atoms with Gasteiger partial charge in [0.1, 0.15) is 10.4 Å². The molecule has 142 valence electrons. The van der Waals surface area contributed by atoms with E-state index in [9.17, 15) is 5.11 Å². The molecule has 2 aromatic heterocycles. The molecule has 27 heavy (non-hydrogen) atoms. The zero-order valence-electron chi connectivity index (χ0n) is 15.0. The van der Waals surface area contributed by atoms with E-state index in [0.717, 1.165) is 34.9 Å². The predicted molar refractivity (Wildman–Crippen MR) is 111 cm³/mol. The van der Waals surface area contributed by atoms with Gasteiger partial charge in [-0.1, -0.05) is 34.5 Å². The Kier molecular flexibility index (Phi) is 5.11. The minimum Gasteiger partial charge on any atom is -0.507 e. The summed E-state index contributed by atoms with van der Waals surface area (Å²) in [4.78, 5) is 15.8. The Morgan fingerprint density at radius 2 is 2.07 bits per heavy atom. The van der Waals surface area contributed by atoms with Gasteiger partial charge >= 0.3 is 0 Å². The van der Waals surface area contributed by atoms with Gasteiger partial charge in [-0.15, -0.1) is 0 Å². The molecule has 9 heteroatoms. The zero-order chi connectivity index (χ0) is 19.1. The van der Waals surface area contributed by atoms with Crippen LogP contribution in [0, 0.1) is 6.92 Å². The number of fused-ring (bicyclic) bond motifs is 1. The maximum atomic E-state index is 10.3. The number of aryl methyl sites for hydroxylation is 1. The Morgan fingerprint density at radius 3 is 2.81 bits per heavy atom. The average Bonchev–Trinajstić information content (AvgIpc) is 2.97. The highest BCUT2D eigenvalue weighted by atomic mass is 35.5. The summed E-state index contributed by atoms with van der Waals surface area (Å²) in [7, 11) is 2.13. The molecule has 0 aliphatic carbocycles. The number of hydrogen-bond acceptors (Lipinski definition) is 7. The Hall–Kier alpha value is -1.67. The first kappa shape index (κ1) is 18.7. The van der Waals surface area contributed by atoms with Crippen LogP contribution in [0.3, 0.4) is 0 Å². The Labute approximate surface area is 171 Å². The number of thiazole rings is 1. The van der Waals surface area contributed by atoms with Crippen molar-refractivity contribution in [1.82, 2.24) is 19.9 Å². The van der Waals surface area contributed by atoms with Crippen LogP contribution in [0.15, 0.2) is 12.1 Å². The van der Waals surface area contributed by atoms with Crippen LogP contribution in [0.25, 0.3) is 21.7 Å². The smallest absolute Gasteiger partial charge is 0.185 e. The summed E-state index contributed by atoms with van der Waals surface area (Å²) in [5, 5.41) is 15.4. The first-order chi connectivity index (χ1) is 12.9. The number of nitrogens with zero attached hydrogens (tertiary/aromatic N) is 4. The lowest BCUT2D eigenvalue weighted by Crippen LogP contribution is -2.39. The molecule has 1 fully saturated rings. The summed E-state index contributed by atoms with van der Waals surface area (Å²) in [6, 6.07) is 3.59. The minimum absolute atomic E-state index is 0.0224. The summed E-state index contributed by atoms with van der Waals surface area (Å²) in [6.07, 6.45) is 2.28. The lowest BCUT2D eigenvalue weighted by molar-refractivity contribution is 0.261. The van der Waals surface area contributed by atoms with Crippen molar-refractivity contribution < 1.29 is 5.11 Å². The SMILES string of the molecule is Cc1cc(Cl)cc(O)c1-c1nc(Cl)c2sc(N[C@@H]3CCCN(C)C3)nc2n1. The minimum atomic E-state index is 0.0224. The second kappa shape index (κ2) is 7.39. The first-order valence-corrected chi connectivity index (χ1v) is 10.3. The largest absolute Gasteiger partial charge is 0.507 e. The quantitative estimate of drug-likeness (QED) is 0.600. The first-order valence-electron chi connectivity index (χ1n) is 8.69. The van der Waals surface area contributed by atoms with Crippen molar-refractivity contribution in [3.63, 3.8) is 0 Å². The molecule has 0 unspecified atom stereocenters. The number of aromatic nitrogens is 3. The molecule has 6 nitrogen and oxygen atoms in total. The number of nitrogens with one attached hydrogen (secondary N) is 1. The molecule has 0 spiro atoms. The van der Waals surface area contributed by atoms with Gasteiger partial charge in [0.05, 0.1) is 5.56 Å². The van der Waals surface area contributed by atoms with Crippen LogP contribution >= 0.6 is 34.5 Å². The summed E-state index contributed by atoms with van der Waals surface area (Å²) in [6.45, 7) is 3.96. The van der Waals surface area contributed by atoms with Gasteiger partial charge in [0, 0.05) is 17.6 Å². The number of phenols is 1. The lowest BCUT2D eigenvalue weighted by atomic mass is 10.1. The van der Waals surface area contributed by atoms with Gasteiger partial charge < -0.3 is 15.3 Å². The van der Waals surface area contributed by atoms with Crippen LogP contribution in [0.5, 0.6) is 5.75 Å². The summed E-state index contributed by atoms with van der Waals surface area (Å²) < 4.78 is 0.734. The van der Waals surface area contributed by atoms with E-state index in [-0.39, 0.29) is 5.75 Å². The van der Waals surface area contributed by atoms with Crippen molar-refractivity contribution in [1.29, 1.82) is 0 Å². The molecule has 1 aromatic carbocycles. The molecule has 4 rings (SSSR count). The lowest BCUT2D eigenvalue weighted by Gasteiger charge is -2.29. The van der Waals surface area contributed by atoms with E-state index in [1.165, 1.54) is 23.8 Å². The van der Waals surface area contributed by atoms with Crippen LogP contribution in [-0.4, -0.2) is 51.1 Å². The molecule has 0 amide bonds. The molecule has 1 saturated heterocycles. The van der Waals surface area contributed by atoms with Crippen molar-refractivity contribution in [2.75, 3.05) is 25.5 Å². The molecule has 0 radical (unpaired) electrons. The molecule has 1 atom stereocenters. The number of piperidine rings is 1. The fourth-order valence-corrected chi connectivity index (χ4v) is 4.85. The van der Waals surface area contributed by atoms with Crippen molar-refractivity contribution in [3.05, 3.63) is 27.9 Å². The Balaban J connectivity index is 1.70. The molecule has 3 aromatic rings. The highest BCUT2D eigenvalue weighted by Crippen LogP contribution is 2.37. The molecule has 0 bridgehead atoms. The van der Waals surface area contributed by atoms with Crippen molar-refractivity contribution >= 4 is 50.0 Å². The van der Waals surface area contributed by atoms with Gasteiger partial charge in [-0.25, -0.2) is 9.97 Å². The average molecular weight is 424 g/mol. The fourth-order valence-electron chi connectivity index (χ4n) is 3.44. The van der Waals surface area contributed by atoms with Gasteiger partial charge in [-0.3, -0.25) is 0 Å². The van der Waals surface area contributed by atoms with Gasteiger partial charge in [0.25, 0.3) is 0 Å². The Morgan fingerprint density at radius 1 is 1.26 bits per heavy atom. The number of rotatable bonds is 3. The van der Waals surface area contributed by atoms with Crippen molar-refractivity contribution in [2.45, 2.75) is 25.8 Å². The molecule has 1 aliphatic rings. The van der Waals surface area contributed by atoms with Crippen LogP contribution in [0.1, 0.15) is 18.4 Å². The number of aromatic hydroxyl groups is 1. The number of phenolic OH excluding ortho intramolecular Hbond substituents is 1. The van der Waals surface area contributed by atoms with Gasteiger partial charge in [0.15, 0.2) is 21.8 Å². The third-order valence-electron chi connectivity index (χ3n) is 4.67. The summed E-state index contributed by atoms with van der Waals surface area (Å²) >= 11 is 13.8. The molecule has 2 N–H and O–H groups in total. The highest BCUT2D eigenvalue weighted by molar-refractivity contribution is 7.22. The standard InChI is InChI=1S/C18H19Cl2N5OS/c1-9-6-10(19)7-12(26)13(9)16-22-15(20)14-17(23-16)24-18(27-14)21-11-4-3-5-25(2)8-11/h6-7,11,26H,3-5,8H2,1-2H3,(H,21,22,23,24)/t11-/m1/s1. The van der Waals surface area contributed by atoms with E-state index in [1.807, 2.05) is 6.92 Å². The topological polar surface area (TPSA) is 74.2 Å². The third-order valence-corrected chi connectivity index (χ3v) is 6.25. The molecule has 3 heterocycles. The number of likely N-dealkylation sites (tertiary alicyclic amines) is 1. The predicted octanol–water partition coefficient (Wildman–Crippen LogP) is 4.58. The zero-order valence-corrected chi connectivity index (χ0v) is 17.3. The number of halogens is 2. The molecule has 0 saturated carbocycles. The monoisotopic (exact) mass is 423 g/mol. The van der Waals surface area contributed by atoms with E-state index in [1.54, 1.807) is 6.07 Å². The normalized spacial score (nSPS) is 18.1. The van der Waals surface area contributed by atoms with Crippen LogP contribution in [-0.2, 0) is 0 Å². The van der Waals surface area contributed by atoms with Crippen molar-refractivity contribution in [3.8, 4) is 17.1 Å². The summed E-state index contributed by atoms with van der Waals surface area (Å²) in [5.41, 5.74) is 1.81. The number of likely N-dealkylation sites (N-methyl/N-ethyl adjacent to an activating group) is 1. The van der Waals surface area contributed by atoms with Crippen LogP contribution in [0.2, 0.25) is 10.2 Å². The Bertz CT molecular complexity index is 986. The third kappa shape index (κ3) is 3.82. The molecular weight excluding hydrogens is 405 g/mol. The van der Waals surface area contributed by atoms with Crippen molar-refractivity contribution in [2.24, 2.45) is 0 Å². The molecular formula is C18H19Cl2N5OS. The maximum Gasteiger partial charge on any atom is 0.185 e. The molecule has 1 aliphatic heterocycles. The van der Waals surface area contributed by atoms with Gasteiger partial charge in [0.2, 0.25) is 0 Å². The fraction of sp³-hybridized carbons (Fsp3) is 0.389. The van der Waals surface area contributed by atoms with E-state index >= 15 is 0 Å². The van der Waals surface area contributed by atoms with Gasteiger partial charge in [-0.05, 0) is 51.1 Å². The number of anilines is 1. The maximum absolute atomic E-state index is 10.3. The summed E-state index contributed by atoms with van der Waals surface area (Å²) in [5.74, 6) is 0.364.